The molecular weight excluding hydrogens is 232 g/mol. The fraction of sp³-hybridized carbons (Fsp3) is 0.706. The molecule has 1 N–H and O–H groups in total. The van der Waals surface area contributed by atoms with Crippen molar-refractivity contribution < 1.29 is 0 Å². The van der Waals surface area contributed by atoms with Crippen LogP contribution in [-0.2, 0) is 12.8 Å². The second-order valence-electron chi connectivity index (χ2n) is 5.30. The highest BCUT2D eigenvalue weighted by molar-refractivity contribution is 5.45. The van der Waals surface area contributed by atoms with Crippen LogP contribution in [0.25, 0.3) is 0 Å². The van der Waals surface area contributed by atoms with Crippen molar-refractivity contribution in [2.75, 3.05) is 11.9 Å². The predicted molar refractivity (Wildman–Crippen MR) is 84.8 cm³/mol. The number of anilines is 1. The lowest BCUT2D eigenvalue weighted by molar-refractivity contribution is 0.431. The second-order valence-corrected chi connectivity index (χ2v) is 5.30. The highest BCUT2D eigenvalue weighted by Crippen LogP contribution is 2.20. The Balaban J connectivity index is 2.65. The fourth-order valence-electron chi connectivity index (χ4n) is 2.59. The van der Waals surface area contributed by atoms with E-state index in [0.717, 1.165) is 31.1 Å². The molecule has 0 amide bonds. The Morgan fingerprint density at radius 1 is 1.11 bits per heavy atom. The molecule has 1 rings (SSSR count). The first-order valence-electron chi connectivity index (χ1n) is 7.97. The van der Waals surface area contributed by atoms with E-state index in [-0.39, 0.29) is 0 Å². The van der Waals surface area contributed by atoms with Crippen LogP contribution in [0.5, 0.6) is 0 Å². The van der Waals surface area contributed by atoms with E-state index in [1.807, 2.05) is 0 Å². The van der Waals surface area contributed by atoms with Crippen LogP contribution in [0.2, 0.25) is 0 Å². The molecule has 1 aromatic heterocycles. The third-order valence-corrected chi connectivity index (χ3v) is 3.84. The standard InChI is InChI=1S/C17H30N2/c1-5-9-14(6-2)10-12-16-13-11-15(7-3)17(19-16)18-8-4/h11,13-14H,5-10,12H2,1-4H3,(H,18,19). The SMILES string of the molecule is CCCC(CC)CCc1ccc(CC)c(NCC)n1. The molecule has 0 aliphatic heterocycles. The average molecular weight is 262 g/mol. The van der Waals surface area contributed by atoms with E-state index < -0.39 is 0 Å². The summed E-state index contributed by atoms with van der Waals surface area (Å²) in [4.78, 5) is 4.79. The van der Waals surface area contributed by atoms with Gasteiger partial charge in [-0.05, 0) is 43.7 Å². The van der Waals surface area contributed by atoms with E-state index in [1.165, 1.54) is 36.9 Å². The molecule has 0 aliphatic carbocycles. The van der Waals surface area contributed by atoms with E-state index in [4.69, 9.17) is 4.98 Å². The maximum atomic E-state index is 4.79. The fourth-order valence-corrected chi connectivity index (χ4v) is 2.59. The van der Waals surface area contributed by atoms with Crippen LogP contribution in [0.3, 0.4) is 0 Å². The lowest BCUT2D eigenvalue weighted by Gasteiger charge is -2.14. The van der Waals surface area contributed by atoms with Crippen LogP contribution in [0, 0.1) is 5.92 Å². The molecule has 0 saturated heterocycles. The number of pyridine rings is 1. The van der Waals surface area contributed by atoms with Gasteiger partial charge >= 0.3 is 0 Å². The van der Waals surface area contributed by atoms with E-state index >= 15 is 0 Å². The van der Waals surface area contributed by atoms with Crippen molar-refractivity contribution in [1.82, 2.24) is 4.98 Å². The minimum absolute atomic E-state index is 0.861. The minimum Gasteiger partial charge on any atom is -0.370 e. The van der Waals surface area contributed by atoms with Crippen molar-refractivity contribution in [2.24, 2.45) is 5.92 Å². The van der Waals surface area contributed by atoms with Crippen molar-refractivity contribution in [3.05, 3.63) is 23.4 Å². The monoisotopic (exact) mass is 262 g/mol. The van der Waals surface area contributed by atoms with Gasteiger partial charge in [0.1, 0.15) is 5.82 Å². The van der Waals surface area contributed by atoms with Gasteiger partial charge in [0, 0.05) is 12.2 Å². The highest BCUT2D eigenvalue weighted by Gasteiger charge is 2.08. The average Bonchev–Trinajstić information content (AvgIpc) is 2.44. The maximum absolute atomic E-state index is 4.79. The zero-order valence-electron chi connectivity index (χ0n) is 13.1. The maximum Gasteiger partial charge on any atom is 0.129 e. The normalized spacial score (nSPS) is 12.4. The molecule has 2 nitrogen and oxygen atoms in total. The van der Waals surface area contributed by atoms with E-state index in [0.29, 0.717) is 0 Å². The minimum atomic E-state index is 0.861. The van der Waals surface area contributed by atoms with Gasteiger partial charge in [0.25, 0.3) is 0 Å². The zero-order chi connectivity index (χ0) is 14.1. The molecule has 0 saturated carbocycles. The van der Waals surface area contributed by atoms with E-state index in [2.05, 4.69) is 45.1 Å². The van der Waals surface area contributed by atoms with E-state index in [1.54, 1.807) is 0 Å². The topological polar surface area (TPSA) is 24.9 Å². The summed E-state index contributed by atoms with van der Waals surface area (Å²) < 4.78 is 0. The van der Waals surface area contributed by atoms with Crippen LogP contribution in [0.15, 0.2) is 12.1 Å². The summed E-state index contributed by atoms with van der Waals surface area (Å²) in [5, 5.41) is 3.38. The van der Waals surface area contributed by atoms with Gasteiger partial charge in [0.15, 0.2) is 0 Å². The molecule has 2 heteroatoms. The van der Waals surface area contributed by atoms with Gasteiger partial charge in [-0.15, -0.1) is 0 Å². The second kappa shape index (κ2) is 8.95. The van der Waals surface area contributed by atoms with Gasteiger partial charge in [-0.25, -0.2) is 4.98 Å². The van der Waals surface area contributed by atoms with Crippen LogP contribution in [-0.4, -0.2) is 11.5 Å². The van der Waals surface area contributed by atoms with Crippen LogP contribution in [0.1, 0.15) is 64.6 Å². The highest BCUT2D eigenvalue weighted by atomic mass is 15.0. The number of hydrogen-bond donors (Lipinski definition) is 1. The molecule has 0 aromatic carbocycles. The van der Waals surface area contributed by atoms with Crippen LogP contribution >= 0.6 is 0 Å². The predicted octanol–water partition coefficient (Wildman–Crippen LogP) is 4.83. The molecule has 0 aliphatic rings. The van der Waals surface area contributed by atoms with Crippen LogP contribution in [0.4, 0.5) is 5.82 Å². The summed E-state index contributed by atoms with van der Waals surface area (Å²) in [6.45, 7) is 9.84. The number of aryl methyl sites for hydroxylation is 2. The van der Waals surface area contributed by atoms with Gasteiger partial charge in [-0.2, -0.15) is 0 Å². The Hall–Kier alpha value is -1.05. The molecule has 1 heterocycles. The molecule has 108 valence electrons. The lowest BCUT2D eigenvalue weighted by atomic mass is 9.94. The quantitative estimate of drug-likeness (QED) is 0.689. The summed E-state index contributed by atoms with van der Waals surface area (Å²) in [5.41, 5.74) is 2.56. The third kappa shape index (κ3) is 5.22. The lowest BCUT2D eigenvalue weighted by Crippen LogP contribution is -2.06. The third-order valence-electron chi connectivity index (χ3n) is 3.84. The molecule has 0 fully saturated rings. The molecule has 0 bridgehead atoms. The van der Waals surface area contributed by atoms with E-state index in [9.17, 15) is 0 Å². The summed E-state index contributed by atoms with van der Waals surface area (Å²) in [6.07, 6.45) is 7.37. The molecule has 1 aromatic rings. The Labute approximate surface area is 119 Å². The molecule has 1 atom stereocenters. The van der Waals surface area contributed by atoms with Crippen molar-refractivity contribution >= 4 is 5.82 Å². The van der Waals surface area contributed by atoms with Gasteiger partial charge < -0.3 is 5.32 Å². The molecular formula is C17H30N2. The molecule has 19 heavy (non-hydrogen) atoms. The van der Waals surface area contributed by atoms with Crippen LogP contribution < -0.4 is 5.32 Å². The molecule has 0 radical (unpaired) electrons. The van der Waals surface area contributed by atoms with Gasteiger partial charge in [0.05, 0.1) is 0 Å². The van der Waals surface area contributed by atoms with Crippen molar-refractivity contribution in [1.29, 1.82) is 0 Å². The van der Waals surface area contributed by atoms with Crippen molar-refractivity contribution in [2.45, 2.75) is 66.2 Å². The molecule has 1 unspecified atom stereocenters. The number of hydrogen-bond acceptors (Lipinski definition) is 2. The number of rotatable bonds is 9. The number of nitrogens with one attached hydrogen (secondary N) is 1. The van der Waals surface area contributed by atoms with Gasteiger partial charge in [0.2, 0.25) is 0 Å². The number of aromatic nitrogens is 1. The Morgan fingerprint density at radius 2 is 1.89 bits per heavy atom. The largest absolute Gasteiger partial charge is 0.370 e. The smallest absolute Gasteiger partial charge is 0.129 e. The first-order chi connectivity index (χ1) is 9.24. The summed E-state index contributed by atoms with van der Waals surface area (Å²) >= 11 is 0. The Kier molecular flexibility index (Phi) is 7.54. The summed E-state index contributed by atoms with van der Waals surface area (Å²) in [6, 6.07) is 4.44. The van der Waals surface area contributed by atoms with Crippen molar-refractivity contribution in [3.8, 4) is 0 Å². The Morgan fingerprint density at radius 3 is 2.47 bits per heavy atom. The molecule has 0 spiro atoms. The number of nitrogens with zero attached hydrogens (tertiary/aromatic N) is 1. The Bertz CT molecular complexity index is 360. The summed E-state index contributed by atoms with van der Waals surface area (Å²) in [5.74, 6) is 1.95. The zero-order valence-corrected chi connectivity index (χ0v) is 13.1. The van der Waals surface area contributed by atoms with Gasteiger partial charge in [-0.3, -0.25) is 0 Å². The first-order valence-corrected chi connectivity index (χ1v) is 7.97. The van der Waals surface area contributed by atoms with Gasteiger partial charge in [-0.1, -0.05) is 46.1 Å². The van der Waals surface area contributed by atoms with Crippen molar-refractivity contribution in [3.63, 3.8) is 0 Å². The first kappa shape index (κ1) is 16.0. The summed E-state index contributed by atoms with van der Waals surface area (Å²) in [7, 11) is 0.